The molecule has 0 aromatic carbocycles. The second-order valence-corrected chi connectivity index (χ2v) is 5.36. The molecule has 0 fully saturated rings. The van der Waals surface area contributed by atoms with E-state index in [0.717, 1.165) is 32.2 Å². The summed E-state index contributed by atoms with van der Waals surface area (Å²) in [5.74, 6) is 0. The molecule has 0 saturated carbocycles. The summed E-state index contributed by atoms with van der Waals surface area (Å²) in [6.45, 7) is 7.62. The number of rotatable bonds is 9. The summed E-state index contributed by atoms with van der Waals surface area (Å²) in [6.07, 6.45) is 6.11. The van der Waals surface area contributed by atoms with Crippen molar-refractivity contribution >= 4 is 0 Å². The number of methoxy groups -OCH3 is 1. The molecule has 19 heavy (non-hydrogen) atoms. The van der Waals surface area contributed by atoms with Gasteiger partial charge in [0, 0.05) is 32.1 Å². The number of aromatic nitrogens is 2. The smallest absolute Gasteiger partial charge is 0.0800 e. The second-order valence-electron chi connectivity index (χ2n) is 5.36. The zero-order valence-electron chi connectivity index (χ0n) is 13.1. The molecule has 0 bridgehead atoms. The van der Waals surface area contributed by atoms with Crippen molar-refractivity contribution in [2.24, 2.45) is 7.05 Å². The van der Waals surface area contributed by atoms with Gasteiger partial charge in [-0.25, -0.2) is 0 Å². The van der Waals surface area contributed by atoms with Crippen LogP contribution in [0.1, 0.15) is 45.7 Å². The average molecular weight is 267 g/mol. The molecular weight excluding hydrogens is 238 g/mol. The Balaban J connectivity index is 2.66. The lowest BCUT2D eigenvalue weighted by molar-refractivity contribution is -0.0310. The van der Waals surface area contributed by atoms with E-state index in [4.69, 9.17) is 4.74 Å². The fourth-order valence-electron chi connectivity index (χ4n) is 2.41. The fraction of sp³-hybridized carbons (Fsp3) is 0.800. The highest BCUT2D eigenvalue weighted by molar-refractivity contribution is 5.02. The van der Waals surface area contributed by atoms with Crippen molar-refractivity contribution in [2.75, 3.05) is 13.7 Å². The molecule has 1 heterocycles. The number of nitrogens with one attached hydrogen (secondary N) is 1. The molecule has 0 aliphatic rings. The van der Waals surface area contributed by atoms with Crippen LogP contribution in [0.4, 0.5) is 0 Å². The van der Waals surface area contributed by atoms with Crippen molar-refractivity contribution in [1.82, 2.24) is 15.1 Å². The molecule has 4 heteroatoms. The maximum absolute atomic E-state index is 5.76. The van der Waals surface area contributed by atoms with Gasteiger partial charge in [-0.2, -0.15) is 5.10 Å². The molecule has 0 spiro atoms. The molecule has 0 radical (unpaired) electrons. The molecule has 1 rings (SSSR count). The molecular formula is C15H29N3O. The van der Waals surface area contributed by atoms with Gasteiger partial charge in [0.15, 0.2) is 0 Å². The molecule has 2 atom stereocenters. The van der Waals surface area contributed by atoms with Gasteiger partial charge in [-0.05, 0) is 45.2 Å². The van der Waals surface area contributed by atoms with Gasteiger partial charge >= 0.3 is 0 Å². The highest BCUT2D eigenvalue weighted by atomic mass is 16.5. The maximum Gasteiger partial charge on any atom is 0.0800 e. The monoisotopic (exact) mass is 267 g/mol. The predicted octanol–water partition coefficient (Wildman–Crippen LogP) is 2.54. The Hall–Kier alpha value is -0.870. The molecule has 2 unspecified atom stereocenters. The van der Waals surface area contributed by atoms with E-state index < -0.39 is 0 Å². The largest absolute Gasteiger partial charge is 0.377 e. The van der Waals surface area contributed by atoms with Crippen molar-refractivity contribution < 1.29 is 4.74 Å². The zero-order chi connectivity index (χ0) is 14.3. The highest BCUT2D eigenvalue weighted by Crippen LogP contribution is 2.23. The molecule has 1 aromatic rings. The molecule has 0 aliphatic carbocycles. The first kappa shape index (κ1) is 16.2. The van der Waals surface area contributed by atoms with Crippen LogP contribution in [0.3, 0.4) is 0 Å². The number of hydrogen-bond donors (Lipinski definition) is 1. The second kappa shape index (κ2) is 7.65. The Morgan fingerprint density at radius 2 is 2.21 bits per heavy atom. The van der Waals surface area contributed by atoms with Gasteiger partial charge in [0.1, 0.15) is 0 Å². The molecule has 0 saturated heterocycles. The first-order chi connectivity index (χ1) is 9.07. The van der Waals surface area contributed by atoms with Gasteiger partial charge in [-0.1, -0.05) is 13.8 Å². The number of hydrogen-bond acceptors (Lipinski definition) is 3. The molecule has 0 aliphatic heterocycles. The first-order valence-corrected chi connectivity index (χ1v) is 7.32. The summed E-state index contributed by atoms with van der Waals surface area (Å²) in [6, 6.07) is 2.46. The lowest BCUT2D eigenvalue weighted by Crippen LogP contribution is -2.50. The zero-order valence-corrected chi connectivity index (χ0v) is 13.1. The minimum atomic E-state index is -0.103. The van der Waals surface area contributed by atoms with Gasteiger partial charge in [0.2, 0.25) is 0 Å². The van der Waals surface area contributed by atoms with Crippen molar-refractivity contribution in [2.45, 2.75) is 58.1 Å². The van der Waals surface area contributed by atoms with Gasteiger partial charge in [0.25, 0.3) is 0 Å². The summed E-state index contributed by atoms with van der Waals surface area (Å²) in [5, 5.41) is 7.86. The van der Waals surface area contributed by atoms with Gasteiger partial charge in [-0.15, -0.1) is 0 Å². The standard InChI is InChI=1S/C15H29N3O/c1-6-11-16-14(15(3,7-2)19-5)9-8-13-10-12-17-18(13)4/h10,12,14,16H,6-9,11H2,1-5H3. The van der Waals surface area contributed by atoms with Gasteiger partial charge in [-0.3, -0.25) is 4.68 Å². The van der Waals surface area contributed by atoms with Crippen LogP contribution in [0.2, 0.25) is 0 Å². The SMILES string of the molecule is CCCNC(CCc1ccnn1C)C(C)(CC)OC. The molecule has 1 N–H and O–H groups in total. The van der Waals surface area contributed by atoms with E-state index in [9.17, 15) is 0 Å². The lowest BCUT2D eigenvalue weighted by atomic mass is 9.89. The fourth-order valence-corrected chi connectivity index (χ4v) is 2.41. The van der Waals surface area contributed by atoms with E-state index in [-0.39, 0.29) is 5.60 Å². The van der Waals surface area contributed by atoms with Gasteiger partial charge in [0.05, 0.1) is 5.60 Å². The number of ether oxygens (including phenoxy) is 1. The van der Waals surface area contributed by atoms with E-state index in [1.165, 1.54) is 5.69 Å². The Morgan fingerprint density at radius 3 is 2.68 bits per heavy atom. The average Bonchev–Trinajstić information content (AvgIpc) is 2.83. The Kier molecular flexibility index (Phi) is 6.52. The molecule has 110 valence electrons. The third kappa shape index (κ3) is 4.32. The van der Waals surface area contributed by atoms with Crippen LogP contribution in [0, 0.1) is 0 Å². The van der Waals surface area contributed by atoms with Crippen LogP contribution in [0.15, 0.2) is 12.3 Å². The minimum absolute atomic E-state index is 0.103. The molecule has 0 amide bonds. The van der Waals surface area contributed by atoms with Crippen LogP contribution in [-0.4, -0.2) is 35.1 Å². The van der Waals surface area contributed by atoms with E-state index in [1.807, 2.05) is 25.0 Å². The summed E-state index contributed by atoms with van der Waals surface area (Å²) in [5.41, 5.74) is 1.17. The first-order valence-electron chi connectivity index (χ1n) is 7.32. The number of aryl methyl sites for hydroxylation is 2. The summed E-state index contributed by atoms with van der Waals surface area (Å²) in [7, 11) is 3.81. The van der Waals surface area contributed by atoms with Crippen LogP contribution < -0.4 is 5.32 Å². The Bertz CT molecular complexity index is 358. The van der Waals surface area contributed by atoms with Crippen molar-refractivity contribution in [1.29, 1.82) is 0 Å². The van der Waals surface area contributed by atoms with Gasteiger partial charge < -0.3 is 10.1 Å². The minimum Gasteiger partial charge on any atom is -0.377 e. The highest BCUT2D eigenvalue weighted by Gasteiger charge is 2.31. The lowest BCUT2D eigenvalue weighted by Gasteiger charge is -2.36. The van der Waals surface area contributed by atoms with Crippen LogP contribution >= 0.6 is 0 Å². The third-order valence-electron chi connectivity index (χ3n) is 4.16. The summed E-state index contributed by atoms with van der Waals surface area (Å²) >= 11 is 0. The van der Waals surface area contributed by atoms with E-state index in [0.29, 0.717) is 6.04 Å². The summed E-state index contributed by atoms with van der Waals surface area (Å²) in [4.78, 5) is 0. The maximum atomic E-state index is 5.76. The Labute approximate surface area is 117 Å². The Morgan fingerprint density at radius 1 is 1.47 bits per heavy atom. The number of nitrogens with zero attached hydrogens (tertiary/aromatic N) is 2. The van der Waals surface area contributed by atoms with Crippen molar-refractivity contribution in [3.05, 3.63) is 18.0 Å². The van der Waals surface area contributed by atoms with Crippen molar-refractivity contribution in [3.63, 3.8) is 0 Å². The van der Waals surface area contributed by atoms with Crippen LogP contribution in [0.25, 0.3) is 0 Å². The normalized spacial score (nSPS) is 16.3. The van der Waals surface area contributed by atoms with Crippen molar-refractivity contribution in [3.8, 4) is 0 Å². The topological polar surface area (TPSA) is 39.1 Å². The molecule has 1 aromatic heterocycles. The van der Waals surface area contributed by atoms with Crippen LogP contribution in [0.5, 0.6) is 0 Å². The third-order valence-corrected chi connectivity index (χ3v) is 4.16. The van der Waals surface area contributed by atoms with E-state index in [2.05, 4.69) is 37.3 Å². The quantitative estimate of drug-likeness (QED) is 0.747. The van der Waals surface area contributed by atoms with E-state index in [1.54, 1.807) is 0 Å². The predicted molar refractivity (Wildman–Crippen MR) is 79.3 cm³/mol. The van der Waals surface area contributed by atoms with Crippen LogP contribution in [-0.2, 0) is 18.2 Å². The van der Waals surface area contributed by atoms with E-state index >= 15 is 0 Å². The summed E-state index contributed by atoms with van der Waals surface area (Å²) < 4.78 is 7.71. The molecule has 4 nitrogen and oxygen atoms in total.